The van der Waals surface area contributed by atoms with Gasteiger partial charge in [0.15, 0.2) is 11.5 Å². The van der Waals surface area contributed by atoms with E-state index in [-0.39, 0.29) is 11.5 Å². The highest BCUT2D eigenvalue weighted by atomic mass is 35.5. The van der Waals surface area contributed by atoms with Crippen molar-refractivity contribution in [1.29, 1.82) is 0 Å². The Balaban J connectivity index is 3.11. The third kappa shape index (κ3) is 3.06. The van der Waals surface area contributed by atoms with Crippen molar-refractivity contribution in [2.24, 2.45) is 5.14 Å². The van der Waals surface area contributed by atoms with Crippen LogP contribution in [-0.4, -0.2) is 15.5 Å². The van der Waals surface area contributed by atoms with Crippen molar-refractivity contribution in [2.75, 3.05) is 7.11 Å². The molecule has 14 heavy (non-hydrogen) atoms. The van der Waals surface area contributed by atoms with E-state index in [1.807, 2.05) is 0 Å². The molecule has 78 valence electrons. The van der Waals surface area contributed by atoms with Gasteiger partial charge in [0, 0.05) is 11.1 Å². The molecule has 7 heteroatoms. The van der Waals surface area contributed by atoms with Gasteiger partial charge in [0.25, 0.3) is 0 Å². The summed E-state index contributed by atoms with van der Waals surface area (Å²) in [6, 6.07) is 4.31. The second kappa shape index (κ2) is 4.04. The number of rotatable bonds is 3. The summed E-state index contributed by atoms with van der Waals surface area (Å²) in [7, 11) is -2.69. The van der Waals surface area contributed by atoms with Gasteiger partial charge in [-0.15, -0.1) is 0 Å². The Hall–Kier alpha value is -0.980. The first-order chi connectivity index (χ1) is 6.42. The lowest BCUT2D eigenvalue weighted by atomic mass is 10.3. The quantitative estimate of drug-likeness (QED) is 0.848. The summed E-state index contributed by atoms with van der Waals surface area (Å²) < 4.78 is 30.6. The molecule has 1 rings (SSSR count). The van der Waals surface area contributed by atoms with Crippen molar-refractivity contribution >= 4 is 21.9 Å². The molecule has 0 aliphatic heterocycles. The number of hydrogen-bond acceptors (Lipinski definition) is 4. The zero-order valence-electron chi connectivity index (χ0n) is 7.23. The van der Waals surface area contributed by atoms with Crippen molar-refractivity contribution in [1.82, 2.24) is 0 Å². The summed E-state index contributed by atoms with van der Waals surface area (Å²) in [6.07, 6.45) is 0. The molecule has 0 aromatic heterocycles. The number of hydrogen-bond donors (Lipinski definition) is 1. The summed E-state index contributed by atoms with van der Waals surface area (Å²) in [6.45, 7) is 0. The Morgan fingerprint density at radius 3 is 2.50 bits per heavy atom. The average Bonchev–Trinajstić information content (AvgIpc) is 2.01. The first-order valence-electron chi connectivity index (χ1n) is 3.48. The Morgan fingerprint density at radius 1 is 1.36 bits per heavy atom. The highest BCUT2D eigenvalue weighted by Gasteiger charge is 2.11. The summed E-state index contributed by atoms with van der Waals surface area (Å²) in [5, 5.41) is 5.02. The van der Waals surface area contributed by atoms with Crippen molar-refractivity contribution in [2.45, 2.75) is 0 Å². The van der Waals surface area contributed by atoms with Crippen LogP contribution < -0.4 is 14.1 Å². The Morgan fingerprint density at radius 2 is 2.00 bits per heavy atom. The lowest BCUT2D eigenvalue weighted by molar-refractivity contribution is 0.391. The van der Waals surface area contributed by atoms with Gasteiger partial charge in [0.2, 0.25) is 0 Å². The molecule has 0 amide bonds. The smallest absolute Gasteiger partial charge is 0.380 e. The predicted octanol–water partition coefficient (Wildman–Crippen LogP) is 0.931. The summed E-state index contributed by atoms with van der Waals surface area (Å²) >= 11 is 5.63. The van der Waals surface area contributed by atoms with E-state index in [4.69, 9.17) is 21.5 Å². The average molecular weight is 238 g/mol. The first-order valence-corrected chi connectivity index (χ1v) is 5.33. The van der Waals surface area contributed by atoms with Crippen LogP contribution in [0.4, 0.5) is 0 Å². The van der Waals surface area contributed by atoms with Crippen LogP contribution in [0.15, 0.2) is 18.2 Å². The van der Waals surface area contributed by atoms with E-state index in [0.717, 1.165) is 0 Å². The molecule has 0 aliphatic rings. The zero-order valence-corrected chi connectivity index (χ0v) is 8.80. The van der Waals surface area contributed by atoms with E-state index < -0.39 is 10.3 Å². The van der Waals surface area contributed by atoms with Gasteiger partial charge in [-0.1, -0.05) is 11.6 Å². The van der Waals surface area contributed by atoms with E-state index in [1.165, 1.54) is 25.3 Å². The molecular weight excluding hydrogens is 230 g/mol. The van der Waals surface area contributed by atoms with Crippen LogP contribution in [0, 0.1) is 0 Å². The minimum Gasteiger partial charge on any atom is -0.493 e. The Bertz CT molecular complexity index is 431. The van der Waals surface area contributed by atoms with E-state index >= 15 is 0 Å². The fraction of sp³-hybridized carbons (Fsp3) is 0.143. The predicted molar refractivity (Wildman–Crippen MR) is 51.7 cm³/mol. The van der Waals surface area contributed by atoms with Crippen LogP contribution in [0.3, 0.4) is 0 Å². The molecule has 1 aromatic rings. The maximum atomic E-state index is 10.6. The molecule has 0 radical (unpaired) electrons. The van der Waals surface area contributed by atoms with Gasteiger partial charge in [0.1, 0.15) is 0 Å². The maximum Gasteiger partial charge on any atom is 0.380 e. The van der Waals surface area contributed by atoms with Gasteiger partial charge in [0.05, 0.1) is 7.11 Å². The standard InChI is InChI=1S/C7H8ClNO4S/c1-12-6-3-2-5(8)4-7(6)13-14(9,10)11/h2-4H,1H3,(H2,9,10,11). The van der Waals surface area contributed by atoms with Gasteiger partial charge < -0.3 is 8.92 Å². The topological polar surface area (TPSA) is 78.6 Å². The van der Waals surface area contributed by atoms with E-state index in [9.17, 15) is 8.42 Å². The highest BCUT2D eigenvalue weighted by Crippen LogP contribution is 2.30. The van der Waals surface area contributed by atoms with Crippen molar-refractivity contribution in [3.8, 4) is 11.5 Å². The van der Waals surface area contributed by atoms with Crippen molar-refractivity contribution in [3.05, 3.63) is 23.2 Å². The third-order valence-electron chi connectivity index (χ3n) is 1.33. The van der Waals surface area contributed by atoms with Gasteiger partial charge in [-0.05, 0) is 12.1 Å². The minimum absolute atomic E-state index is 0.0394. The number of benzene rings is 1. The monoisotopic (exact) mass is 237 g/mol. The minimum atomic E-state index is -4.07. The molecule has 0 heterocycles. The molecular formula is C7H8ClNO4S. The number of methoxy groups -OCH3 is 1. The summed E-state index contributed by atoms with van der Waals surface area (Å²) in [5.41, 5.74) is 0. The first kappa shape index (κ1) is 11.1. The van der Waals surface area contributed by atoms with Crippen LogP contribution in [0.1, 0.15) is 0 Å². The van der Waals surface area contributed by atoms with Crippen molar-refractivity contribution in [3.63, 3.8) is 0 Å². The molecule has 0 saturated carbocycles. The molecule has 0 bridgehead atoms. The SMILES string of the molecule is COc1ccc(Cl)cc1OS(N)(=O)=O. The van der Waals surface area contributed by atoms with E-state index in [2.05, 4.69) is 4.18 Å². The van der Waals surface area contributed by atoms with Crippen molar-refractivity contribution < 1.29 is 17.3 Å². The Labute approximate surface area is 86.6 Å². The lowest BCUT2D eigenvalue weighted by Gasteiger charge is -2.07. The zero-order chi connectivity index (χ0) is 10.8. The van der Waals surface area contributed by atoms with Gasteiger partial charge in [-0.3, -0.25) is 0 Å². The Kier molecular flexibility index (Phi) is 3.20. The maximum absolute atomic E-state index is 10.6. The molecule has 0 atom stereocenters. The van der Waals surface area contributed by atoms with Gasteiger partial charge in [-0.2, -0.15) is 13.6 Å². The summed E-state index contributed by atoms with van der Waals surface area (Å²) in [5.74, 6) is 0.200. The van der Waals surface area contributed by atoms with Crippen LogP contribution in [0.5, 0.6) is 11.5 Å². The number of halogens is 1. The molecule has 5 nitrogen and oxygen atoms in total. The molecule has 0 fully saturated rings. The second-order valence-electron chi connectivity index (χ2n) is 2.37. The van der Waals surface area contributed by atoms with Crippen LogP contribution in [0.25, 0.3) is 0 Å². The van der Waals surface area contributed by atoms with Crippen LogP contribution in [0.2, 0.25) is 5.02 Å². The van der Waals surface area contributed by atoms with E-state index in [0.29, 0.717) is 5.02 Å². The molecule has 0 spiro atoms. The van der Waals surface area contributed by atoms with Gasteiger partial charge >= 0.3 is 10.3 Å². The lowest BCUT2D eigenvalue weighted by Crippen LogP contribution is -2.19. The molecule has 0 saturated heterocycles. The third-order valence-corrected chi connectivity index (χ3v) is 1.98. The van der Waals surface area contributed by atoms with Crippen LogP contribution in [-0.2, 0) is 10.3 Å². The summed E-state index contributed by atoms with van der Waals surface area (Å²) in [4.78, 5) is 0. The normalized spacial score (nSPS) is 11.1. The number of nitrogens with two attached hydrogens (primary N) is 1. The number of ether oxygens (including phenoxy) is 1. The van der Waals surface area contributed by atoms with Crippen LogP contribution >= 0.6 is 11.6 Å². The largest absolute Gasteiger partial charge is 0.493 e. The molecule has 2 N–H and O–H groups in total. The van der Waals surface area contributed by atoms with E-state index in [1.54, 1.807) is 0 Å². The molecule has 0 aliphatic carbocycles. The highest BCUT2D eigenvalue weighted by molar-refractivity contribution is 7.84. The molecule has 0 unspecified atom stereocenters. The second-order valence-corrected chi connectivity index (χ2v) is 3.96. The molecule has 1 aromatic carbocycles. The van der Waals surface area contributed by atoms with Gasteiger partial charge in [-0.25, -0.2) is 0 Å². The fourth-order valence-electron chi connectivity index (χ4n) is 0.841. The fourth-order valence-corrected chi connectivity index (χ4v) is 1.38.